The van der Waals surface area contributed by atoms with E-state index in [1.54, 1.807) is 6.20 Å². The molecule has 1 N–H and O–H groups in total. The number of rotatable bonds is 7. The van der Waals surface area contributed by atoms with Gasteiger partial charge in [0.1, 0.15) is 17.4 Å². The summed E-state index contributed by atoms with van der Waals surface area (Å²) in [6.45, 7) is 3.36. The van der Waals surface area contributed by atoms with Crippen molar-refractivity contribution in [2.75, 3.05) is 18.5 Å². The topological polar surface area (TPSA) is 56.1 Å². The highest BCUT2D eigenvalue weighted by Gasteiger charge is 2.09. The molecular weight excluding hydrogens is 350 g/mol. The quantitative estimate of drug-likeness (QED) is 0.644. The molecule has 3 aromatic rings. The molecule has 1 aromatic heterocycles. The van der Waals surface area contributed by atoms with Gasteiger partial charge in [0.15, 0.2) is 0 Å². The van der Waals surface area contributed by atoms with E-state index in [2.05, 4.69) is 10.4 Å². The first kappa shape index (κ1) is 18.0. The van der Waals surface area contributed by atoms with Gasteiger partial charge in [-0.2, -0.15) is 5.10 Å². The van der Waals surface area contributed by atoms with E-state index in [4.69, 9.17) is 16.3 Å². The SMILES string of the molecule is Cc1cccc(OCCNc2cnn(Cc3ccccc3)c(=O)c2Cl)c1. The summed E-state index contributed by atoms with van der Waals surface area (Å²) in [5.41, 5.74) is 2.32. The zero-order valence-corrected chi connectivity index (χ0v) is 15.2. The summed E-state index contributed by atoms with van der Waals surface area (Å²) in [4.78, 5) is 12.4. The fourth-order valence-corrected chi connectivity index (χ4v) is 2.73. The first-order chi connectivity index (χ1) is 12.6. The third-order valence-electron chi connectivity index (χ3n) is 3.84. The first-order valence-electron chi connectivity index (χ1n) is 8.36. The molecule has 5 nitrogen and oxygen atoms in total. The van der Waals surface area contributed by atoms with Crippen LogP contribution in [-0.4, -0.2) is 22.9 Å². The summed E-state index contributed by atoms with van der Waals surface area (Å²) < 4.78 is 7.03. The molecule has 0 spiro atoms. The molecule has 2 aromatic carbocycles. The minimum absolute atomic E-state index is 0.131. The van der Waals surface area contributed by atoms with Gasteiger partial charge in [0.05, 0.1) is 18.4 Å². The van der Waals surface area contributed by atoms with Gasteiger partial charge < -0.3 is 10.1 Å². The molecule has 1 heterocycles. The molecule has 0 aliphatic carbocycles. The molecule has 0 unspecified atom stereocenters. The Morgan fingerprint density at radius 3 is 2.73 bits per heavy atom. The number of anilines is 1. The number of ether oxygens (including phenoxy) is 1. The van der Waals surface area contributed by atoms with Crippen molar-refractivity contribution >= 4 is 17.3 Å². The Hall–Kier alpha value is -2.79. The Bertz CT molecular complexity index is 926. The number of aromatic nitrogens is 2. The van der Waals surface area contributed by atoms with Gasteiger partial charge in [-0.3, -0.25) is 4.79 Å². The van der Waals surface area contributed by atoms with Crippen LogP contribution in [0.25, 0.3) is 0 Å². The zero-order chi connectivity index (χ0) is 18.4. The Morgan fingerprint density at radius 2 is 1.96 bits per heavy atom. The maximum Gasteiger partial charge on any atom is 0.287 e. The molecule has 3 rings (SSSR count). The summed E-state index contributed by atoms with van der Waals surface area (Å²) in [5, 5.41) is 7.43. The average molecular weight is 370 g/mol. The largest absolute Gasteiger partial charge is 0.492 e. The Balaban J connectivity index is 1.59. The highest BCUT2D eigenvalue weighted by atomic mass is 35.5. The van der Waals surface area contributed by atoms with E-state index >= 15 is 0 Å². The number of nitrogens with zero attached hydrogens (tertiary/aromatic N) is 2. The van der Waals surface area contributed by atoms with Crippen molar-refractivity contribution in [2.24, 2.45) is 0 Å². The number of halogens is 1. The summed E-state index contributed by atoms with van der Waals surface area (Å²) in [6, 6.07) is 17.5. The Labute approximate surface area is 157 Å². The average Bonchev–Trinajstić information content (AvgIpc) is 2.65. The predicted molar refractivity (Wildman–Crippen MR) is 104 cm³/mol. The molecule has 0 aliphatic rings. The van der Waals surface area contributed by atoms with Crippen LogP contribution in [0, 0.1) is 6.92 Å². The molecule has 0 saturated carbocycles. The monoisotopic (exact) mass is 369 g/mol. The molecule has 6 heteroatoms. The maximum atomic E-state index is 12.4. The van der Waals surface area contributed by atoms with Gasteiger partial charge in [0.2, 0.25) is 0 Å². The molecular formula is C20H20ClN3O2. The molecule has 26 heavy (non-hydrogen) atoms. The maximum absolute atomic E-state index is 12.4. The summed E-state index contributed by atoms with van der Waals surface area (Å²) >= 11 is 6.20. The van der Waals surface area contributed by atoms with E-state index in [9.17, 15) is 4.79 Å². The minimum atomic E-state index is -0.319. The second kappa shape index (κ2) is 8.54. The van der Waals surface area contributed by atoms with Crippen LogP contribution in [0.4, 0.5) is 5.69 Å². The van der Waals surface area contributed by atoms with E-state index in [0.29, 0.717) is 25.4 Å². The standard InChI is InChI=1S/C20H20ClN3O2/c1-15-6-5-9-17(12-15)26-11-10-22-18-13-23-24(20(25)19(18)21)14-16-7-3-2-4-8-16/h2-9,12-13,22H,10-11,14H2,1H3. The van der Waals surface area contributed by atoms with Gasteiger partial charge in [-0.25, -0.2) is 4.68 Å². The van der Waals surface area contributed by atoms with Crippen molar-refractivity contribution in [2.45, 2.75) is 13.5 Å². The molecule has 0 fully saturated rings. The lowest BCUT2D eigenvalue weighted by atomic mass is 10.2. The van der Waals surface area contributed by atoms with E-state index in [1.807, 2.05) is 61.5 Å². The lowest BCUT2D eigenvalue weighted by Crippen LogP contribution is -2.25. The van der Waals surface area contributed by atoms with Gasteiger partial charge >= 0.3 is 0 Å². The molecule has 0 radical (unpaired) electrons. The van der Waals surface area contributed by atoms with Crippen molar-refractivity contribution in [3.05, 3.63) is 87.3 Å². The Morgan fingerprint density at radius 1 is 1.15 bits per heavy atom. The predicted octanol–water partition coefficient (Wildman–Crippen LogP) is 3.74. The smallest absolute Gasteiger partial charge is 0.287 e. The van der Waals surface area contributed by atoms with Crippen LogP contribution in [0.2, 0.25) is 5.02 Å². The zero-order valence-electron chi connectivity index (χ0n) is 14.5. The Kier molecular flexibility index (Phi) is 5.92. The highest BCUT2D eigenvalue weighted by molar-refractivity contribution is 6.32. The third kappa shape index (κ3) is 4.64. The van der Waals surface area contributed by atoms with Crippen molar-refractivity contribution in [3.63, 3.8) is 0 Å². The number of aryl methyl sites for hydroxylation is 1. The van der Waals surface area contributed by atoms with Crippen LogP contribution in [0.3, 0.4) is 0 Å². The molecule has 0 aliphatic heterocycles. The summed E-state index contributed by atoms with van der Waals surface area (Å²) in [7, 11) is 0. The van der Waals surface area contributed by atoms with Crippen molar-refractivity contribution in [1.29, 1.82) is 0 Å². The van der Waals surface area contributed by atoms with E-state index in [1.165, 1.54) is 4.68 Å². The highest BCUT2D eigenvalue weighted by Crippen LogP contribution is 2.16. The molecule has 0 saturated heterocycles. The number of nitrogens with one attached hydrogen (secondary N) is 1. The van der Waals surface area contributed by atoms with Gasteiger partial charge in [-0.05, 0) is 30.2 Å². The van der Waals surface area contributed by atoms with Gasteiger partial charge in [0, 0.05) is 6.54 Å². The van der Waals surface area contributed by atoms with Gasteiger partial charge in [-0.15, -0.1) is 0 Å². The normalized spacial score (nSPS) is 10.5. The number of hydrogen-bond acceptors (Lipinski definition) is 4. The van der Waals surface area contributed by atoms with Gasteiger partial charge in [-0.1, -0.05) is 54.1 Å². The molecule has 0 atom stereocenters. The van der Waals surface area contributed by atoms with E-state index in [-0.39, 0.29) is 10.6 Å². The minimum Gasteiger partial charge on any atom is -0.492 e. The first-order valence-corrected chi connectivity index (χ1v) is 8.74. The number of benzene rings is 2. The van der Waals surface area contributed by atoms with Crippen LogP contribution in [0.5, 0.6) is 5.75 Å². The van der Waals surface area contributed by atoms with Crippen LogP contribution >= 0.6 is 11.6 Å². The van der Waals surface area contributed by atoms with Crippen LogP contribution in [0.15, 0.2) is 65.6 Å². The third-order valence-corrected chi connectivity index (χ3v) is 4.20. The molecule has 0 bridgehead atoms. The molecule has 134 valence electrons. The van der Waals surface area contributed by atoms with E-state index in [0.717, 1.165) is 16.9 Å². The molecule has 0 amide bonds. The second-order valence-electron chi connectivity index (χ2n) is 5.91. The van der Waals surface area contributed by atoms with Crippen LogP contribution in [-0.2, 0) is 6.54 Å². The van der Waals surface area contributed by atoms with Crippen molar-refractivity contribution in [3.8, 4) is 5.75 Å². The lowest BCUT2D eigenvalue weighted by molar-refractivity contribution is 0.332. The fraction of sp³-hybridized carbons (Fsp3) is 0.200. The fourth-order valence-electron chi connectivity index (χ4n) is 2.52. The summed E-state index contributed by atoms with van der Waals surface area (Å²) in [5.74, 6) is 0.814. The second-order valence-corrected chi connectivity index (χ2v) is 6.29. The summed E-state index contributed by atoms with van der Waals surface area (Å²) in [6.07, 6.45) is 1.57. The van der Waals surface area contributed by atoms with Crippen LogP contribution in [0.1, 0.15) is 11.1 Å². The van der Waals surface area contributed by atoms with Crippen molar-refractivity contribution in [1.82, 2.24) is 9.78 Å². The van der Waals surface area contributed by atoms with Crippen LogP contribution < -0.4 is 15.6 Å². The lowest BCUT2D eigenvalue weighted by Gasteiger charge is -2.11. The van der Waals surface area contributed by atoms with Gasteiger partial charge in [0.25, 0.3) is 5.56 Å². The number of hydrogen-bond donors (Lipinski definition) is 1. The van der Waals surface area contributed by atoms with Crippen molar-refractivity contribution < 1.29 is 4.74 Å². The van der Waals surface area contributed by atoms with E-state index < -0.39 is 0 Å².